The summed E-state index contributed by atoms with van der Waals surface area (Å²) in [4.78, 5) is 3.47. The lowest BCUT2D eigenvalue weighted by atomic mass is 10.2. The second kappa shape index (κ2) is 6.39. The van der Waals surface area contributed by atoms with Crippen molar-refractivity contribution in [3.8, 4) is 15.5 Å². The van der Waals surface area contributed by atoms with Crippen LogP contribution < -0.4 is 16.4 Å². The Hall–Kier alpha value is -2.02. The number of thiophene rings is 2. The summed E-state index contributed by atoms with van der Waals surface area (Å²) < 4.78 is 0. The van der Waals surface area contributed by atoms with Gasteiger partial charge in [0.05, 0.1) is 10.6 Å². The molecule has 1 atom stereocenters. The summed E-state index contributed by atoms with van der Waals surface area (Å²) in [6, 6.07) is 13.2. The van der Waals surface area contributed by atoms with Crippen LogP contribution >= 0.6 is 22.7 Å². The predicted molar refractivity (Wildman–Crippen MR) is 95.8 cm³/mol. The maximum Gasteiger partial charge on any atom is 0.117 e. The number of hydrogen-bond acceptors (Lipinski definition) is 6. The summed E-state index contributed by atoms with van der Waals surface area (Å²) in [5.74, 6) is 0.219. The van der Waals surface area contributed by atoms with Crippen molar-refractivity contribution in [3.63, 3.8) is 0 Å². The van der Waals surface area contributed by atoms with Gasteiger partial charge >= 0.3 is 0 Å². The number of phenolic OH excluding ortho intramolecular Hbond substituents is 1. The fourth-order valence-electron chi connectivity index (χ4n) is 2.21. The van der Waals surface area contributed by atoms with Crippen molar-refractivity contribution in [3.05, 3.63) is 52.7 Å². The lowest BCUT2D eigenvalue weighted by Gasteiger charge is -2.15. The normalized spacial score (nSPS) is 12.1. The number of anilines is 2. The van der Waals surface area contributed by atoms with Gasteiger partial charge in [0.15, 0.2) is 0 Å². The molecule has 3 rings (SSSR count). The Morgan fingerprint density at radius 2 is 2.00 bits per heavy atom. The number of rotatable bonds is 5. The van der Waals surface area contributed by atoms with E-state index in [9.17, 15) is 5.11 Å². The smallest absolute Gasteiger partial charge is 0.117 e. The molecule has 0 radical (unpaired) electrons. The van der Waals surface area contributed by atoms with Crippen LogP contribution in [0.25, 0.3) is 9.75 Å². The molecular weight excluding hydrogens is 314 g/mol. The first-order chi connectivity index (χ1) is 10.7. The van der Waals surface area contributed by atoms with Crippen LogP contribution in [0.4, 0.5) is 11.4 Å². The maximum atomic E-state index is 9.54. The van der Waals surface area contributed by atoms with E-state index in [0.717, 1.165) is 16.3 Å². The fourth-order valence-corrected chi connectivity index (χ4v) is 4.16. The highest BCUT2D eigenvalue weighted by molar-refractivity contribution is 7.21. The lowest BCUT2D eigenvalue weighted by molar-refractivity contribution is 0.475. The Morgan fingerprint density at radius 1 is 1.14 bits per heavy atom. The van der Waals surface area contributed by atoms with E-state index in [1.807, 2.05) is 19.2 Å². The van der Waals surface area contributed by atoms with E-state index in [0.29, 0.717) is 0 Å². The SMILES string of the molecule is CNc1cc(-c2cccs2)sc1C(N)Nc1cccc(O)c1. The van der Waals surface area contributed by atoms with Crippen molar-refractivity contribution in [2.45, 2.75) is 6.17 Å². The van der Waals surface area contributed by atoms with Gasteiger partial charge in [0.1, 0.15) is 11.9 Å². The average Bonchev–Trinajstić information content (AvgIpc) is 3.16. The largest absolute Gasteiger partial charge is 0.508 e. The quantitative estimate of drug-likeness (QED) is 0.526. The Kier molecular flexibility index (Phi) is 4.33. The van der Waals surface area contributed by atoms with Gasteiger partial charge in [-0.15, -0.1) is 22.7 Å². The second-order valence-corrected chi connectivity index (χ2v) is 6.82. The van der Waals surface area contributed by atoms with Gasteiger partial charge in [-0.2, -0.15) is 0 Å². The van der Waals surface area contributed by atoms with Crippen molar-refractivity contribution in [2.75, 3.05) is 17.7 Å². The summed E-state index contributed by atoms with van der Waals surface area (Å²) in [6.45, 7) is 0. The molecule has 0 saturated carbocycles. The van der Waals surface area contributed by atoms with Gasteiger partial charge in [-0.3, -0.25) is 0 Å². The first-order valence-electron chi connectivity index (χ1n) is 6.84. The number of phenols is 1. The molecule has 0 aliphatic rings. The molecule has 1 aromatic carbocycles. The van der Waals surface area contributed by atoms with E-state index in [1.165, 1.54) is 9.75 Å². The molecule has 6 heteroatoms. The predicted octanol–water partition coefficient (Wildman–Crippen LogP) is 4.29. The first kappa shape index (κ1) is 14.9. The number of aromatic hydroxyl groups is 1. The molecule has 0 amide bonds. The van der Waals surface area contributed by atoms with Crippen molar-refractivity contribution in [1.29, 1.82) is 0 Å². The van der Waals surface area contributed by atoms with Crippen molar-refractivity contribution < 1.29 is 5.11 Å². The third kappa shape index (κ3) is 3.09. The Bertz CT molecular complexity index is 753. The van der Waals surface area contributed by atoms with Crippen LogP contribution in [-0.2, 0) is 0 Å². The van der Waals surface area contributed by atoms with Gasteiger partial charge in [0, 0.05) is 28.6 Å². The fraction of sp³-hybridized carbons (Fsp3) is 0.125. The maximum absolute atomic E-state index is 9.54. The molecule has 0 bridgehead atoms. The van der Waals surface area contributed by atoms with Crippen LogP contribution in [0.3, 0.4) is 0 Å². The molecule has 3 aromatic rings. The third-order valence-electron chi connectivity index (χ3n) is 3.24. The minimum atomic E-state index is -0.344. The van der Waals surface area contributed by atoms with Crippen molar-refractivity contribution in [1.82, 2.24) is 0 Å². The van der Waals surface area contributed by atoms with Gasteiger partial charge in [0.2, 0.25) is 0 Å². The van der Waals surface area contributed by atoms with Crippen LogP contribution in [0.1, 0.15) is 11.0 Å². The number of hydrogen-bond donors (Lipinski definition) is 4. The lowest BCUT2D eigenvalue weighted by Crippen LogP contribution is -2.19. The van der Waals surface area contributed by atoms with Gasteiger partial charge in [0.25, 0.3) is 0 Å². The molecule has 0 fully saturated rings. The van der Waals surface area contributed by atoms with E-state index >= 15 is 0 Å². The Balaban J connectivity index is 1.87. The minimum absolute atomic E-state index is 0.219. The summed E-state index contributed by atoms with van der Waals surface area (Å²) in [7, 11) is 1.89. The van der Waals surface area contributed by atoms with Crippen LogP contribution in [-0.4, -0.2) is 12.2 Å². The third-order valence-corrected chi connectivity index (χ3v) is 5.53. The van der Waals surface area contributed by atoms with Gasteiger partial charge in [-0.1, -0.05) is 12.1 Å². The molecule has 0 aliphatic heterocycles. The highest BCUT2D eigenvalue weighted by Crippen LogP contribution is 2.39. The molecule has 1 unspecified atom stereocenters. The van der Waals surface area contributed by atoms with E-state index in [2.05, 4.69) is 28.1 Å². The zero-order valence-corrected chi connectivity index (χ0v) is 13.7. The second-order valence-electron chi connectivity index (χ2n) is 4.79. The van der Waals surface area contributed by atoms with Crippen molar-refractivity contribution >= 4 is 34.0 Å². The average molecular weight is 331 g/mol. The zero-order chi connectivity index (χ0) is 15.5. The number of nitrogens with one attached hydrogen (secondary N) is 2. The zero-order valence-electron chi connectivity index (χ0n) is 12.0. The highest BCUT2D eigenvalue weighted by atomic mass is 32.1. The highest BCUT2D eigenvalue weighted by Gasteiger charge is 2.16. The minimum Gasteiger partial charge on any atom is -0.508 e. The molecule has 114 valence electrons. The molecule has 0 spiro atoms. The molecule has 22 heavy (non-hydrogen) atoms. The van der Waals surface area contributed by atoms with Crippen LogP contribution in [0.5, 0.6) is 5.75 Å². The summed E-state index contributed by atoms with van der Waals surface area (Å²) in [5.41, 5.74) is 8.12. The topological polar surface area (TPSA) is 70.3 Å². The van der Waals surface area contributed by atoms with Crippen molar-refractivity contribution in [2.24, 2.45) is 5.73 Å². The summed E-state index contributed by atoms with van der Waals surface area (Å²) in [6.07, 6.45) is -0.344. The van der Waals surface area contributed by atoms with E-state index < -0.39 is 0 Å². The Labute approximate surface area is 137 Å². The summed E-state index contributed by atoms with van der Waals surface area (Å²) >= 11 is 3.39. The van der Waals surface area contributed by atoms with Crippen LogP contribution in [0.2, 0.25) is 0 Å². The first-order valence-corrected chi connectivity index (χ1v) is 8.53. The molecule has 0 saturated heterocycles. The van der Waals surface area contributed by atoms with E-state index in [1.54, 1.807) is 40.9 Å². The van der Waals surface area contributed by atoms with Gasteiger partial charge < -0.3 is 21.5 Å². The molecule has 0 aliphatic carbocycles. The molecule has 4 nitrogen and oxygen atoms in total. The van der Waals surface area contributed by atoms with E-state index in [4.69, 9.17) is 5.73 Å². The molecular formula is C16H17N3OS2. The molecule has 2 aromatic heterocycles. The molecule has 2 heterocycles. The number of benzene rings is 1. The standard InChI is InChI=1S/C16H17N3OS2/c1-18-12-9-14(13-6-3-7-21-13)22-15(12)16(17)19-10-4-2-5-11(20)8-10/h2-9,16,18-20H,17H2,1H3. The van der Waals surface area contributed by atoms with Gasteiger partial charge in [-0.05, 0) is 29.6 Å². The van der Waals surface area contributed by atoms with E-state index in [-0.39, 0.29) is 11.9 Å². The molecule has 5 N–H and O–H groups in total. The number of nitrogens with two attached hydrogens (primary N) is 1. The summed E-state index contributed by atoms with van der Waals surface area (Å²) in [5, 5.41) is 18.0. The Morgan fingerprint density at radius 3 is 2.68 bits per heavy atom. The van der Waals surface area contributed by atoms with Crippen LogP contribution in [0, 0.1) is 0 Å². The van der Waals surface area contributed by atoms with Crippen LogP contribution in [0.15, 0.2) is 47.8 Å². The monoisotopic (exact) mass is 331 g/mol. The van der Waals surface area contributed by atoms with Gasteiger partial charge in [-0.25, -0.2) is 0 Å².